The van der Waals surface area contributed by atoms with Gasteiger partial charge in [0, 0.05) is 17.4 Å². The van der Waals surface area contributed by atoms with Gasteiger partial charge in [0.1, 0.15) is 5.69 Å². The molecule has 2 amide bonds. The highest BCUT2D eigenvalue weighted by molar-refractivity contribution is 8.14. The number of hydrogen-bond donors (Lipinski definition) is 2. The number of phenolic OH excluding ortho intramolecular Hbond substituents is 1. The summed E-state index contributed by atoms with van der Waals surface area (Å²) in [5.41, 5.74) is 3.29. The Bertz CT molecular complexity index is 1220. The maximum atomic E-state index is 12.7. The van der Waals surface area contributed by atoms with Crippen LogP contribution in [0.1, 0.15) is 35.0 Å². The highest BCUT2D eigenvalue weighted by Gasteiger charge is 2.30. The van der Waals surface area contributed by atoms with Crippen molar-refractivity contribution in [2.45, 2.75) is 25.1 Å². The number of amides is 2. The summed E-state index contributed by atoms with van der Waals surface area (Å²) in [4.78, 5) is 29.1. The topological polar surface area (TPSA) is 104 Å². The van der Waals surface area contributed by atoms with Crippen LogP contribution in [0.5, 0.6) is 11.5 Å². The molecule has 3 aromatic rings. The van der Waals surface area contributed by atoms with E-state index in [9.17, 15) is 14.7 Å². The summed E-state index contributed by atoms with van der Waals surface area (Å²) in [5.74, 6) is 0.108. The van der Waals surface area contributed by atoms with Crippen molar-refractivity contribution in [2.75, 3.05) is 12.4 Å². The number of hydrogen-bond acceptors (Lipinski definition) is 7. The van der Waals surface area contributed by atoms with Crippen molar-refractivity contribution in [2.24, 2.45) is 5.10 Å². The molecule has 4 rings (SSSR count). The third-order valence-electron chi connectivity index (χ3n) is 5.27. The number of phenols is 1. The van der Waals surface area contributed by atoms with Crippen LogP contribution in [0, 0.1) is 0 Å². The first-order valence-electron chi connectivity index (χ1n) is 10.7. The molecule has 2 aromatic carbocycles. The molecule has 0 aliphatic carbocycles. The second kappa shape index (κ2) is 10.4. The highest BCUT2D eigenvalue weighted by atomic mass is 32.2. The average molecular weight is 477 g/mol. The summed E-state index contributed by atoms with van der Waals surface area (Å²) < 4.78 is 5.13. The molecular formula is C25H24N4O4S. The molecule has 0 radical (unpaired) electrons. The predicted molar refractivity (Wildman–Crippen MR) is 132 cm³/mol. The van der Waals surface area contributed by atoms with E-state index in [1.807, 2.05) is 25.1 Å². The Labute approximate surface area is 201 Å². The number of carbonyl (C=O) groups excluding carboxylic acids is 2. The fourth-order valence-corrected chi connectivity index (χ4v) is 4.43. The quantitative estimate of drug-likeness (QED) is 0.503. The van der Waals surface area contributed by atoms with Gasteiger partial charge in [0.05, 0.1) is 24.6 Å². The fourth-order valence-electron chi connectivity index (χ4n) is 3.50. The minimum Gasteiger partial charge on any atom is -0.504 e. The van der Waals surface area contributed by atoms with Crippen molar-refractivity contribution in [1.82, 2.24) is 9.99 Å². The summed E-state index contributed by atoms with van der Waals surface area (Å²) >= 11 is 1.22. The average Bonchev–Trinajstić information content (AvgIpc) is 2.86. The van der Waals surface area contributed by atoms with Crippen molar-refractivity contribution in [3.05, 3.63) is 83.7 Å². The Kier molecular flexibility index (Phi) is 7.12. The van der Waals surface area contributed by atoms with E-state index in [0.29, 0.717) is 17.1 Å². The fraction of sp³-hybridized carbons (Fsp3) is 0.200. The number of methoxy groups -OCH3 is 1. The standard InChI is InChI=1S/C25H24N4O4S/c1-3-22-23(17-9-12-21(33-2)20(30)14-17)28-29(25(32)34-22)15-16-7-10-18(11-8-16)27-24(31)19-6-4-5-13-26-19/h4-14,22,30H,3,15H2,1-2H3,(H,27,31). The largest absolute Gasteiger partial charge is 0.504 e. The number of benzene rings is 2. The van der Waals surface area contributed by atoms with Crippen LogP contribution < -0.4 is 10.1 Å². The van der Waals surface area contributed by atoms with Crippen molar-refractivity contribution in [1.29, 1.82) is 0 Å². The molecule has 174 valence electrons. The van der Waals surface area contributed by atoms with Crippen LogP contribution in [0.15, 0.2) is 72.0 Å². The molecule has 1 aromatic heterocycles. The summed E-state index contributed by atoms with van der Waals surface area (Å²) in [6.45, 7) is 2.28. The van der Waals surface area contributed by atoms with Gasteiger partial charge in [-0.2, -0.15) is 5.10 Å². The Morgan fingerprint density at radius 2 is 1.97 bits per heavy atom. The van der Waals surface area contributed by atoms with E-state index in [1.165, 1.54) is 23.9 Å². The molecule has 0 saturated carbocycles. The van der Waals surface area contributed by atoms with Crippen LogP contribution >= 0.6 is 11.8 Å². The summed E-state index contributed by atoms with van der Waals surface area (Å²) in [7, 11) is 1.49. The zero-order valence-electron chi connectivity index (χ0n) is 18.8. The van der Waals surface area contributed by atoms with Gasteiger partial charge in [0.25, 0.3) is 5.91 Å². The number of ether oxygens (including phenoxy) is 1. The number of carbonyl (C=O) groups is 2. The van der Waals surface area contributed by atoms with Gasteiger partial charge in [-0.15, -0.1) is 0 Å². The lowest BCUT2D eigenvalue weighted by Crippen LogP contribution is -2.34. The number of rotatable bonds is 7. The zero-order chi connectivity index (χ0) is 24.1. The van der Waals surface area contributed by atoms with Gasteiger partial charge in [-0.05, 0) is 54.4 Å². The Morgan fingerprint density at radius 1 is 1.18 bits per heavy atom. The van der Waals surface area contributed by atoms with E-state index in [0.717, 1.165) is 23.3 Å². The summed E-state index contributed by atoms with van der Waals surface area (Å²) in [6.07, 6.45) is 2.29. The van der Waals surface area contributed by atoms with Crippen LogP contribution in [0.4, 0.5) is 10.5 Å². The molecule has 0 spiro atoms. The van der Waals surface area contributed by atoms with Gasteiger partial charge < -0.3 is 15.2 Å². The number of aromatic nitrogens is 1. The second-order valence-corrected chi connectivity index (χ2v) is 8.73. The van der Waals surface area contributed by atoms with Crippen LogP contribution in [0.25, 0.3) is 0 Å². The molecule has 8 nitrogen and oxygen atoms in total. The SMILES string of the molecule is CCC1SC(=O)N(Cc2ccc(NC(=O)c3ccccn3)cc2)N=C1c1ccc(OC)c(O)c1. The minimum absolute atomic E-state index is 0.0225. The van der Waals surface area contributed by atoms with Crippen molar-refractivity contribution in [3.63, 3.8) is 0 Å². The molecule has 0 saturated heterocycles. The molecular weight excluding hydrogens is 452 g/mol. The smallest absolute Gasteiger partial charge is 0.302 e. The lowest BCUT2D eigenvalue weighted by atomic mass is 10.0. The van der Waals surface area contributed by atoms with Crippen LogP contribution in [0.3, 0.4) is 0 Å². The van der Waals surface area contributed by atoms with Gasteiger partial charge in [-0.1, -0.05) is 36.9 Å². The molecule has 9 heteroatoms. The van der Waals surface area contributed by atoms with E-state index >= 15 is 0 Å². The number of nitrogens with one attached hydrogen (secondary N) is 1. The molecule has 1 aliphatic rings. The molecule has 1 unspecified atom stereocenters. The number of aromatic hydroxyl groups is 1. The van der Waals surface area contributed by atoms with Crippen LogP contribution in [0.2, 0.25) is 0 Å². The highest BCUT2D eigenvalue weighted by Crippen LogP contribution is 2.33. The first-order valence-corrected chi connectivity index (χ1v) is 11.6. The number of pyridine rings is 1. The summed E-state index contributed by atoms with van der Waals surface area (Å²) in [5, 5.41) is 18.8. The third kappa shape index (κ3) is 5.20. The number of thioether (sulfide) groups is 1. The van der Waals surface area contributed by atoms with E-state index in [1.54, 1.807) is 48.7 Å². The normalized spacial score (nSPS) is 15.6. The van der Waals surface area contributed by atoms with Gasteiger partial charge >= 0.3 is 5.24 Å². The maximum Gasteiger partial charge on any atom is 0.302 e. The molecule has 1 atom stereocenters. The Hall–Kier alpha value is -3.85. The minimum atomic E-state index is -0.293. The third-order valence-corrected chi connectivity index (χ3v) is 6.53. The molecule has 1 aliphatic heterocycles. The number of anilines is 1. The van der Waals surface area contributed by atoms with E-state index in [-0.39, 0.29) is 28.7 Å². The predicted octanol–water partition coefficient (Wildman–Crippen LogP) is 4.90. The summed E-state index contributed by atoms with van der Waals surface area (Å²) in [6, 6.07) is 17.5. The first kappa shape index (κ1) is 23.3. The van der Waals surface area contributed by atoms with E-state index in [4.69, 9.17) is 4.74 Å². The first-order chi connectivity index (χ1) is 16.5. The maximum absolute atomic E-state index is 12.7. The second-order valence-electron chi connectivity index (χ2n) is 7.58. The van der Waals surface area contributed by atoms with Gasteiger partial charge in [-0.3, -0.25) is 14.6 Å². The number of nitrogens with zero attached hydrogens (tertiary/aromatic N) is 3. The van der Waals surface area contributed by atoms with Gasteiger partial charge in [0.2, 0.25) is 0 Å². The lowest BCUT2D eigenvalue weighted by molar-refractivity contribution is 0.102. The van der Waals surface area contributed by atoms with Gasteiger partial charge in [0.15, 0.2) is 11.5 Å². The van der Waals surface area contributed by atoms with Crippen LogP contribution in [-0.2, 0) is 6.54 Å². The van der Waals surface area contributed by atoms with Crippen molar-refractivity contribution in [3.8, 4) is 11.5 Å². The monoisotopic (exact) mass is 476 g/mol. The zero-order valence-corrected chi connectivity index (χ0v) is 19.6. The van der Waals surface area contributed by atoms with Gasteiger partial charge in [-0.25, -0.2) is 5.01 Å². The molecule has 34 heavy (non-hydrogen) atoms. The Morgan fingerprint density at radius 3 is 2.62 bits per heavy atom. The van der Waals surface area contributed by atoms with E-state index < -0.39 is 0 Å². The van der Waals surface area contributed by atoms with E-state index in [2.05, 4.69) is 15.4 Å². The van der Waals surface area contributed by atoms with Crippen molar-refractivity contribution >= 4 is 34.3 Å². The molecule has 0 bridgehead atoms. The Balaban J connectivity index is 1.51. The lowest BCUT2D eigenvalue weighted by Gasteiger charge is -2.28. The molecule has 2 heterocycles. The molecule has 2 N–H and O–H groups in total. The number of hydrazone groups is 1. The molecule has 0 fully saturated rings. The van der Waals surface area contributed by atoms with Crippen molar-refractivity contribution < 1.29 is 19.4 Å². The van der Waals surface area contributed by atoms with Crippen LogP contribution in [-0.4, -0.2) is 44.3 Å².